The first kappa shape index (κ1) is 21.0. The molecule has 31 heavy (non-hydrogen) atoms. The predicted octanol–water partition coefficient (Wildman–Crippen LogP) is 3.69. The third-order valence-electron chi connectivity index (χ3n) is 5.90. The van der Waals surface area contributed by atoms with Gasteiger partial charge in [-0.3, -0.25) is 9.48 Å². The number of para-hydroxylation sites is 2. The Balaban J connectivity index is 1.36. The monoisotopic (exact) mass is 418 g/mol. The lowest BCUT2D eigenvalue weighted by atomic mass is 10.0. The molecule has 2 aromatic carbocycles. The van der Waals surface area contributed by atoms with Crippen LogP contribution in [0.25, 0.3) is 11.3 Å². The number of nitrogens with zero attached hydrogens (tertiary/aromatic N) is 4. The number of aromatic nitrogens is 2. The van der Waals surface area contributed by atoms with Gasteiger partial charge in [0.1, 0.15) is 5.75 Å². The lowest BCUT2D eigenvalue weighted by Crippen LogP contribution is -2.48. The number of benzene rings is 2. The summed E-state index contributed by atoms with van der Waals surface area (Å²) in [5, 5.41) is 4.63. The van der Waals surface area contributed by atoms with Gasteiger partial charge >= 0.3 is 0 Å². The Morgan fingerprint density at radius 1 is 1.03 bits per heavy atom. The minimum absolute atomic E-state index is 0.207. The highest BCUT2D eigenvalue weighted by Gasteiger charge is 2.23. The van der Waals surface area contributed by atoms with Crippen LogP contribution in [0.4, 0.5) is 5.69 Å². The summed E-state index contributed by atoms with van der Waals surface area (Å²) in [7, 11) is 3.63. The van der Waals surface area contributed by atoms with Crippen molar-refractivity contribution in [3.63, 3.8) is 0 Å². The maximum absolute atomic E-state index is 12.9. The van der Waals surface area contributed by atoms with Gasteiger partial charge in [0, 0.05) is 51.4 Å². The summed E-state index contributed by atoms with van der Waals surface area (Å²) in [4.78, 5) is 17.2. The summed E-state index contributed by atoms with van der Waals surface area (Å²) in [6.07, 6.45) is 3.23. The number of anilines is 1. The first-order chi connectivity index (χ1) is 15.0. The summed E-state index contributed by atoms with van der Waals surface area (Å²) in [6.45, 7) is 5.17. The Labute approximate surface area is 184 Å². The Hall–Kier alpha value is -3.28. The van der Waals surface area contributed by atoms with Crippen LogP contribution in [0.3, 0.4) is 0 Å². The van der Waals surface area contributed by atoms with Crippen molar-refractivity contribution in [3.05, 3.63) is 65.9 Å². The lowest BCUT2D eigenvalue weighted by molar-refractivity contribution is -0.131. The van der Waals surface area contributed by atoms with Crippen molar-refractivity contribution in [2.45, 2.75) is 19.8 Å². The Kier molecular flexibility index (Phi) is 6.26. The molecular weight excluding hydrogens is 388 g/mol. The summed E-state index contributed by atoms with van der Waals surface area (Å²) in [5.41, 5.74) is 5.50. The molecule has 1 saturated heterocycles. The maximum Gasteiger partial charge on any atom is 0.223 e. The quantitative estimate of drug-likeness (QED) is 0.613. The normalized spacial score (nSPS) is 14.0. The minimum atomic E-state index is 0.207. The summed E-state index contributed by atoms with van der Waals surface area (Å²) >= 11 is 0. The van der Waals surface area contributed by atoms with Gasteiger partial charge < -0.3 is 14.5 Å². The highest BCUT2D eigenvalue weighted by atomic mass is 16.5. The molecule has 0 N–H and O–H groups in total. The van der Waals surface area contributed by atoms with Gasteiger partial charge in [-0.05, 0) is 31.0 Å². The van der Waals surface area contributed by atoms with Gasteiger partial charge in [-0.25, -0.2) is 0 Å². The smallest absolute Gasteiger partial charge is 0.223 e. The fraction of sp³-hybridized carbons (Fsp3) is 0.360. The molecule has 0 spiro atoms. The van der Waals surface area contributed by atoms with E-state index in [1.807, 2.05) is 41.0 Å². The van der Waals surface area contributed by atoms with E-state index in [1.54, 1.807) is 7.11 Å². The largest absolute Gasteiger partial charge is 0.495 e. The highest BCUT2D eigenvalue weighted by molar-refractivity contribution is 5.77. The average Bonchev–Trinajstić information content (AvgIpc) is 3.18. The number of rotatable bonds is 6. The van der Waals surface area contributed by atoms with Crippen LogP contribution in [0.1, 0.15) is 17.5 Å². The van der Waals surface area contributed by atoms with E-state index in [0.717, 1.165) is 54.4 Å². The van der Waals surface area contributed by atoms with Crippen molar-refractivity contribution < 1.29 is 9.53 Å². The number of carbonyl (C=O) groups excluding carboxylic acids is 1. The molecule has 2 heterocycles. The van der Waals surface area contributed by atoms with Crippen LogP contribution in [-0.4, -0.2) is 53.9 Å². The number of ether oxygens (including phenoxy) is 1. The van der Waals surface area contributed by atoms with E-state index in [9.17, 15) is 4.79 Å². The van der Waals surface area contributed by atoms with E-state index in [4.69, 9.17) is 4.74 Å². The van der Waals surface area contributed by atoms with Crippen LogP contribution in [-0.2, 0) is 18.3 Å². The van der Waals surface area contributed by atoms with Gasteiger partial charge in [0.2, 0.25) is 5.91 Å². The van der Waals surface area contributed by atoms with Crippen LogP contribution in [0.15, 0.2) is 54.7 Å². The molecule has 3 aromatic rings. The van der Waals surface area contributed by atoms with Crippen LogP contribution >= 0.6 is 0 Å². The predicted molar refractivity (Wildman–Crippen MR) is 123 cm³/mol. The van der Waals surface area contributed by atoms with Gasteiger partial charge in [0.05, 0.1) is 18.5 Å². The third kappa shape index (κ3) is 4.74. The molecule has 1 aromatic heterocycles. The minimum Gasteiger partial charge on any atom is -0.495 e. The molecule has 0 saturated carbocycles. The highest BCUT2D eigenvalue weighted by Crippen LogP contribution is 2.28. The zero-order valence-electron chi connectivity index (χ0n) is 18.5. The maximum atomic E-state index is 12.9. The topological polar surface area (TPSA) is 50.6 Å². The van der Waals surface area contributed by atoms with E-state index in [1.165, 1.54) is 5.56 Å². The zero-order valence-corrected chi connectivity index (χ0v) is 18.5. The first-order valence-corrected chi connectivity index (χ1v) is 10.8. The molecular formula is C25H30N4O2. The number of hydrogen-bond donors (Lipinski definition) is 0. The second kappa shape index (κ2) is 9.25. The Bertz CT molecular complexity index is 1030. The van der Waals surface area contributed by atoms with Crippen LogP contribution < -0.4 is 9.64 Å². The Morgan fingerprint density at radius 2 is 1.74 bits per heavy atom. The number of hydrogen-bond acceptors (Lipinski definition) is 4. The van der Waals surface area contributed by atoms with Crippen molar-refractivity contribution >= 4 is 11.6 Å². The molecule has 0 atom stereocenters. The molecule has 1 amide bonds. The second-order valence-electron chi connectivity index (χ2n) is 8.08. The first-order valence-electron chi connectivity index (χ1n) is 10.8. The molecule has 1 fully saturated rings. The molecule has 6 nitrogen and oxygen atoms in total. The molecule has 0 radical (unpaired) electrons. The third-order valence-corrected chi connectivity index (χ3v) is 5.90. The summed E-state index contributed by atoms with van der Waals surface area (Å²) in [6, 6.07) is 16.4. The van der Waals surface area contributed by atoms with Crippen molar-refractivity contribution in [3.8, 4) is 17.0 Å². The molecule has 0 bridgehead atoms. The van der Waals surface area contributed by atoms with E-state index in [2.05, 4.69) is 47.3 Å². The number of aryl methyl sites for hydroxylation is 3. The zero-order chi connectivity index (χ0) is 21.8. The van der Waals surface area contributed by atoms with Crippen LogP contribution in [0, 0.1) is 6.92 Å². The standard InChI is InChI=1S/C25H30N4O2/c1-19-8-10-20(11-9-19)25-21(18-27(2)26-25)12-13-24(30)29-16-14-28(15-17-29)22-6-4-5-7-23(22)31-3/h4-11,18H,12-17H2,1-3H3. The lowest BCUT2D eigenvalue weighted by Gasteiger charge is -2.36. The molecule has 1 aliphatic rings. The summed E-state index contributed by atoms with van der Waals surface area (Å²) in [5.74, 6) is 1.08. The Morgan fingerprint density at radius 3 is 2.45 bits per heavy atom. The van der Waals surface area contributed by atoms with Gasteiger partial charge in [-0.1, -0.05) is 42.0 Å². The van der Waals surface area contributed by atoms with E-state index in [0.29, 0.717) is 12.8 Å². The fourth-order valence-electron chi connectivity index (χ4n) is 4.16. The number of amides is 1. The molecule has 6 heteroatoms. The van der Waals surface area contributed by atoms with E-state index < -0.39 is 0 Å². The van der Waals surface area contributed by atoms with Crippen molar-refractivity contribution in [2.75, 3.05) is 38.2 Å². The molecule has 1 aliphatic heterocycles. The number of piperazine rings is 1. The van der Waals surface area contributed by atoms with Gasteiger partial charge in [-0.15, -0.1) is 0 Å². The average molecular weight is 419 g/mol. The SMILES string of the molecule is COc1ccccc1N1CCN(C(=O)CCc2cn(C)nc2-c2ccc(C)cc2)CC1. The molecule has 4 rings (SSSR count). The second-order valence-corrected chi connectivity index (χ2v) is 8.08. The molecule has 0 aliphatic carbocycles. The summed E-state index contributed by atoms with van der Waals surface area (Å²) < 4.78 is 7.32. The van der Waals surface area contributed by atoms with Crippen molar-refractivity contribution in [1.82, 2.24) is 14.7 Å². The van der Waals surface area contributed by atoms with Gasteiger partial charge in [0.15, 0.2) is 0 Å². The van der Waals surface area contributed by atoms with Crippen LogP contribution in [0.5, 0.6) is 5.75 Å². The van der Waals surface area contributed by atoms with Gasteiger partial charge in [-0.2, -0.15) is 5.10 Å². The van der Waals surface area contributed by atoms with E-state index >= 15 is 0 Å². The molecule has 0 unspecified atom stereocenters. The van der Waals surface area contributed by atoms with Crippen molar-refractivity contribution in [1.29, 1.82) is 0 Å². The number of methoxy groups -OCH3 is 1. The fourth-order valence-corrected chi connectivity index (χ4v) is 4.16. The molecule has 162 valence electrons. The van der Waals surface area contributed by atoms with E-state index in [-0.39, 0.29) is 5.91 Å². The number of carbonyl (C=O) groups is 1. The van der Waals surface area contributed by atoms with Crippen molar-refractivity contribution in [2.24, 2.45) is 7.05 Å². The van der Waals surface area contributed by atoms with Crippen LogP contribution in [0.2, 0.25) is 0 Å². The van der Waals surface area contributed by atoms with Gasteiger partial charge in [0.25, 0.3) is 0 Å².